The Labute approximate surface area is 157 Å². The monoisotopic (exact) mass is 354 g/mol. The van der Waals surface area contributed by atoms with E-state index in [1.54, 1.807) is 0 Å². The smallest absolute Gasteiger partial charge is 0.311 e. The summed E-state index contributed by atoms with van der Waals surface area (Å²) in [4.78, 5) is 12.7. The lowest BCUT2D eigenvalue weighted by Crippen LogP contribution is -2.15. The van der Waals surface area contributed by atoms with Crippen molar-refractivity contribution in [3.05, 3.63) is 102 Å². The second-order valence-electron chi connectivity index (χ2n) is 6.88. The number of hydrogen-bond acceptors (Lipinski definition) is 3. The zero-order valence-corrected chi connectivity index (χ0v) is 14.7. The number of ether oxygens (including phenoxy) is 1. The molecule has 0 saturated carbocycles. The van der Waals surface area contributed by atoms with E-state index >= 15 is 0 Å². The lowest BCUT2D eigenvalue weighted by molar-refractivity contribution is -0.134. The van der Waals surface area contributed by atoms with Crippen molar-refractivity contribution in [2.75, 3.05) is 0 Å². The zero-order valence-electron chi connectivity index (χ0n) is 14.7. The molecule has 2 atom stereocenters. The van der Waals surface area contributed by atoms with Crippen LogP contribution in [-0.4, -0.2) is 5.97 Å². The summed E-state index contributed by atoms with van der Waals surface area (Å²) in [5.74, 6) is 0.908. The van der Waals surface area contributed by atoms with E-state index in [1.165, 1.54) is 0 Å². The molecule has 5 rings (SSSR count). The molecule has 1 aliphatic rings. The highest BCUT2D eigenvalue weighted by molar-refractivity contribution is 5.90. The average Bonchev–Trinajstić information content (AvgIpc) is 2.99. The van der Waals surface area contributed by atoms with Crippen LogP contribution in [0.3, 0.4) is 0 Å². The first-order valence-electron chi connectivity index (χ1n) is 9.13. The van der Waals surface area contributed by atoms with E-state index in [2.05, 4.69) is 24.3 Å². The molecule has 0 aliphatic carbocycles. The fraction of sp³-hybridized carbons (Fsp3) is 0.125. The molecule has 0 saturated heterocycles. The van der Waals surface area contributed by atoms with Gasteiger partial charge in [-0.3, -0.25) is 4.79 Å². The van der Waals surface area contributed by atoms with Gasteiger partial charge in [0, 0.05) is 5.92 Å². The summed E-state index contributed by atoms with van der Waals surface area (Å²) in [6, 6.07) is 28.1. The molecule has 2 heterocycles. The van der Waals surface area contributed by atoms with Crippen LogP contribution < -0.4 is 4.74 Å². The fourth-order valence-corrected chi connectivity index (χ4v) is 4.04. The lowest BCUT2D eigenvalue weighted by Gasteiger charge is -2.24. The molecule has 3 nitrogen and oxygen atoms in total. The molecule has 1 aromatic heterocycles. The first kappa shape index (κ1) is 15.9. The van der Waals surface area contributed by atoms with Crippen molar-refractivity contribution in [1.29, 1.82) is 0 Å². The van der Waals surface area contributed by atoms with Gasteiger partial charge < -0.3 is 9.15 Å². The Bertz CT molecular complexity index is 1100. The Morgan fingerprint density at radius 1 is 0.741 bits per heavy atom. The van der Waals surface area contributed by atoms with Gasteiger partial charge in [0.05, 0.1) is 17.7 Å². The molecule has 3 heteroatoms. The van der Waals surface area contributed by atoms with Gasteiger partial charge >= 0.3 is 5.97 Å². The van der Waals surface area contributed by atoms with Crippen LogP contribution in [0.15, 0.2) is 89.3 Å². The molecule has 0 spiro atoms. The van der Waals surface area contributed by atoms with Gasteiger partial charge in [-0.2, -0.15) is 0 Å². The van der Waals surface area contributed by atoms with Crippen LogP contribution in [0.2, 0.25) is 0 Å². The van der Waals surface area contributed by atoms with E-state index in [4.69, 9.17) is 9.15 Å². The predicted octanol–water partition coefficient (Wildman–Crippen LogP) is 5.66. The summed E-state index contributed by atoms with van der Waals surface area (Å²) in [7, 11) is 0. The molecule has 1 aliphatic heterocycles. The van der Waals surface area contributed by atoms with E-state index in [0.29, 0.717) is 12.2 Å². The number of rotatable bonds is 2. The van der Waals surface area contributed by atoms with Gasteiger partial charge in [0.15, 0.2) is 11.5 Å². The molecule has 0 unspecified atom stereocenters. The Morgan fingerprint density at radius 3 is 2.11 bits per heavy atom. The number of para-hydroxylation sites is 1. The topological polar surface area (TPSA) is 39.4 Å². The molecule has 132 valence electrons. The minimum atomic E-state index is -0.227. The summed E-state index contributed by atoms with van der Waals surface area (Å²) < 4.78 is 12.0. The van der Waals surface area contributed by atoms with Crippen molar-refractivity contribution in [3.8, 4) is 5.75 Å². The van der Waals surface area contributed by atoms with Gasteiger partial charge in [0.1, 0.15) is 5.58 Å². The summed E-state index contributed by atoms with van der Waals surface area (Å²) in [6.45, 7) is 0. The fourth-order valence-electron chi connectivity index (χ4n) is 4.04. The molecule has 0 N–H and O–H groups in total. The van der Waals surface area contributed by atoms with E-state index < -0.39 is 0 Å². The number of carbonyl (C=O) groups is 1. The van der Waals surface area contributed by atoms with Crippen LogP contribution in [0.4, 0.5) is 0 Å². The Balaban J connectivity index is 1.78. The van der Waals surface area contributed by atoms with Gasteiger partial charge in [-0.25, -0.2) is 0 Å². The van der Waals surface area contributed by atoms with Crippen molar-refractivity contribution in [1.82, 2.24) is 0 Å². The Morgan fingerprint density at radius 2 is 1.37 bits per heavy atom. The van der Waals surface area contributed by atoms with Crippen LogP contribution in [-0.2, 0) is 4.79 Å². The standard InChI is InChI=1S/C24H18O3/c25-21-15-19(16-9-3-1-4-10-16)22(17-11-5-2-6-12-17)24-23(27-21)18-13-7-8-14-20(18)26-24/h1-14,19,22H,15H2/t19-,22+/m0/s1. The quantitative estimate of drug-likeness (QED) is 0.436. The third-order valence-electron chi connectivity index (χ3n) is 5.25. The van der Waals surface area contributed by atoms with Crippen LogP contribution >= 0.6 is 0 Å². The second-order valence-corrected chi connectivity index (χ2v) is 6.88. The average molecular weight is 354 g/mol. The molecule has 0 amide bonds. The molecular formula is C24H18O3. The summed E-state index contributed by atoms with van der Waals surface area (Å²) in [5.41, 5.74) is 2.96. The third-order valence-corrected chi connectivity index (χ3v) is 5.25. The maximum Gasteiger partial charge on any atom is 0.311 e. The van der Waals surface area contributed by atoms with Crippen molar-refractivity contribution in [2.24, 2.45) is 0 Å². The minimum absolute atomic E-state index is 0.0529. The van der Waals surface area contributed by atoms with Crippen LogP contribution in [0.5, 0.6) is 5.75 Å². The van der Waals surface area contributed by atoms with E-state index in [1.807, 2.05) is 60.7 Å². The third kappa shape index (κ3) is 2.72. The van der Waals surface area contributed by atoms with Crippen LogP contribution in [0.1, 0.15) is 35.1 Å². The highest BCUT2D eigenvalue weighted by Gasteiger charge is 2.38. The van der Waals surface area contributed by atoms with Gasteiger partial charge in [-0.1, -0.05) is 72.8 Å². The molecular weight excluding hydrogens is 336 g/mol. The van der Waals surface area contributed by atoms with E-state index in [0.717, 1.165) is 27.9 Å². The largest absolute Gasteiger partial charge is 0.456 e. The van der Waals surface area contributed by atoms with Gasteiger partial charge in [0.2, 0.25) is 0 Å². The van der Waals surface area contributed by atoms with Crippen molar-refractivity contribution in [3.63, 3.8) is 0 Å². The number of carbonyl (C=O) groups excluding carboxylic acids is 1. The number of esters is 1. The second kappa shape index (κ2) is 6.44. The van der Waals surface area contributed by atoms with Crippen molar-refractivity contribution < 1.29 is 13.9 Å². The molecule has 0 radical (unpaired) electrons. The van der Waals surface area contributed by atoms with Crippen molar-refractivity contribution >= 4 is 16.9 Å². The minimum Gasteiger partial charge on any atom is -0.456 e. The highest BCUT2D eigenvalue weighted by atomic mass is 16.5. The van der Waals surface area contributed by atoms with E-state index in [9.17, 15) is 4.79 Å². The lowest BCUT2D eigenvalue weighted by atomic mass is 9.78. The summed E-state index contributed by atoms with van der Waals surface area (Å²) >= 11 is 0. The first-order valence-corrected chi connectivity index (χ1v) is 9.13. The number of benzene rings is 3. The Hall–Kier alpha value is -3.33. The molecule has 3 aromatic carbocycles. The van der Waals surface area contributed by atoms with Gasteiger partial charge in [0.25, 0.3) is 0 Å². The number of furan rings is 1. The van der Waals surface area contributed by atoms with Gasteiger partial charge in [-0.15, -0.1) is 0 Å². The predicted molar refractivity (Wildman–Crippen MR) is 104 cm³/mol. The summed E-state index contributed by atoms with van der Waals surface area (Å²) in [6.07, 6.45) is 0.308. The van der Waals surface area contributed by atoms with Crippen LogP contribution in [0.25, 0.3) is 11.0 Å². The molecule has 4 aromatic rings. The Kier molecular flexibility index (Phi) is 3.79. The van der Waals surface area contributed by atoms with E-state index in [-0.39, 0.29) is 17.8 Å². The number of fused-ring (bicyclic) bond motifs is 3. The zero-order chi connectivity index (χ0) is 18.2. The number of hydrogen-bond donors (Lipinski definition) is 0. The SMILES string of the molecule is O=C1C[C@@H](c2ccccc2)[C@@H](c2ccccc2)c2oc3ccccc3c2O1. The summed E-state index contributed by atoms with van der Waals surface area (Å²) in [5, 5.41) is 0.843. The molecule has 27 heavy (non-hydrogen) atoms. The first-order chi connectivity index (χ1) is 13.3. The van der Waals surface area contributed by atoms with Crippen LogP contribution in [0, 0.1) is 0 Å². The molecule has 0 bridgehead atoms. The maximum absolute atomic E-state index is 12.7. The highest BCUT2D eigenvalue weighted by Crippen LogP contribution is 2.49. The van der Waals surface area contributed by atoms with Gasteiger partial charge in [-0.05, 0) is 23.3 Å². The van der Waals surface area contributed by atoms with Crippen molar-refractivity contribution in [2.45, 2.75) is 18.3 Å². The molecule has 0 fully saturated rings. The normalized spacial score (nSPS) is 19.3. The maximum atomic E-state index is 12.7.